The van der Waals surface area contributed by atoms with E-state index in [1.54, 1.807) is 0 Å². The highest BCUT2D eigenvalue weighted by atomic mass is 35.5. The second-order valence-corrected chi connectivity index (χ2v) is 5.05. The predicted molar refractivity (Wildman–Crippen MR) is 67.8 cm³/mol. The summed E-state index contributed by atoms with van der Waals surface area (Å²) >= 11 is 0. The van der Waals surface area contributed by atoms with E-state index in [1.807, 2.05) is 7.05 Å². The Bertz CT molecular complexity index is 229. The number of likely N-dealkylation sites (tertiary alicyclic amines) is 1. The molecule has 0 aromatic rings. The van der Waals surface area contributed by atoms with Crippen LogP contribution < -0.4 is 5.32 Å². The molecule has 1 aliphatic carbocycles. The molecule has 3 nitrogen and oxygen atoms in total. The zero-order valence-electron chi connectivity index (χ0n) is 10.1. The van der Waals surface area contributed by atoms with Crippen LogP contribution in [0.5, 0.6) is 0 Å². The molecule has 94 valence electrons. The highest BCUT2D eigenvalue weighted by molar-refractivity contribution is 5.85. The Hall–Kier alpha value is -0.280. The summed E-state index contributed by atoms with van der Waals surface area (Å²) in [6.45, 7) is 3.02. The fourth-order valence-electron chi connectivity index (χ4n) is 2.44. The number of rotatable bonds is 4. The van der Waals surface area contributed by atoms with Crippen molar-refractivity contribution >= 4 is 18.3 Å². The normalized spacial score (nSPS) is 25.1. The van der Waals surface area contributed by atoms with Gasteiger partial charge in [0.05, 0.1) is 0 Å². The average Bonchev–Trinajstić information content (AvgIpc) is 3.03. The summed E-state index contributed by atoms with van der Waals surface area (Å²) in [6.07, 6.45) is 5.82. The van der Waals surface area contributed by atoms with Gasteiger partial charge in [-0.2, -0.15) is 0 Å². The summed E-state index contributed by atoms with van der Waals surface area (Å²) in [7, 11) is 1.99. The van der Waals surface area contributed by atoms with Gasteiger partial charge in [0, 0.05) is 19.5 Å². The van der Waals surface area contributed by atoms with Gasteiger partial charge >= 0.3 is 0 Å². The predicted octanol–water partition coefficient (Wildman–Crippen LogP) is 1.67. The summed E-state index contributed by atoms with van der Waals surface area (Å²) in [5.41, 5.74) is 0. The molecule has 4 heteroatoms. The van der Waals surface area contributed by atoms with Crippen LogP contribution in [-0.4, -0.2) is 37.5 Å². The zero-order chi connectivity index (χ0) is 10.7. The lowest BCUT2D eigenvalue weighted by Gasteiger charge is -2.32. The number of halogens is 1. The number of hydrogen-bond donors (Lipinski definition) is 1. The van der Waals surface area contributed by atoms with E-state index in [0.29, 0.717) is 11.8 Å². The van der Waals surface area contributed by atoms with Crippen molar-refractivity contribution < 1.29 is 4.79 Å². The molecule has 1 N–H and O–H groups in total. The van der Waals surface area contributed by atoms with Crippen molar-refractivity contribution in [2.45, 2.75) is 32.1 Å². The second-order valence-electron chi connectivity index (χ2n) is 5.05. The number of carbonyl (C=O) groups is 1. The van der Waals surface area contributed by atoms with Gasteiger partial charge in [0.25, 0.3) is 0 Å². The third-order valence-electron chi connectivity index (χ3n) is 3.52. The molecule has 1 saturated heterocycles. The van der Waals surface area contributed by atoms with Gasteiger partial charge in [0.1, 0.15) is 0 Å². The van der Waals surface area contributed by atoms with Gasteiger partial charge in [-0.1, -0.05) is 0 Å². The van der Waals surface area contributed by atoms with Gasteiger partial charge < -0.3 is 10.2 Å². The Kier molecular flexibility index (Phi) is 5.56. The van der Waals surface area contributed by atoms with Gasteiger partial charge in [-0.3, -0.25) is 4.79 Å². The summed E-state index contributed by atoms with van der Waals surface area (Å²) in [5, 5.41) is 3.21. The standard InChI is InChI=1S/C12H22N2O.ClH/c1-13-8-11-3-2-6-14(9-11)12(15)7-10-4-5-10;/h10-11,13H,2-9H2,1H3;1H. The van der Waals surface area contributed by atoms with E-state index in [4.69, 9.17) is 0 Å². The zero-order valence-corrected chi connectivity index (χ0v) is 10.9. The lowest BCUT2D eigenvalue weighted by Crippen LogP contribution is -2.42. The molecule has 0 bridgehead atoms. The topological polar surface area (TPSA) is 32.3 Å². The molecular weight excluding hydrogens is 224 g/mol. The van der Waals surface area contributed by atoms with Crippen molar-refractivity contribution in [2.75, 3.05) is 26.7 Å². The second kappa shape index (κ2) is 6.45. The van der Waals surface area contributed by atoms with Crippen molar-refractivity contribution in [2.24, 2.45) is 11.8 Å². The molecule has 2 fully saturated rings. The summed E-state index contributed by atoms with van der Waals surface area (Å²) in [4.78, 5) is 14.0. The van der Waals surface area contributed by atoms with E-state index in [-0.39, 0.29) is 12.4 Å². The number of amides is 1. The van der Waals surface area contributed by atoms with Gasteiger partial charge in [-0.25, -0.2) is 0 Å². The van der Waals surface area contributed by atoms with E-state index in [0.717, 1.165) is 32.0 Å². The minimum absolute atomic E-state index is 0. The fourth-order valence-corrected chi connectivity index (χ4v) is 2.44. The van der Waals surface area contributed by atoms with Crippen LogP contribution in [0, 0.1) is 11.8 Å². The van der Waals surface area contributed by atoms with Crippen molar-refractivity contribution in [3.05, 3.63) is 0 Å². The van der Waals surface area contributed by atoms with E-state index < -0.39 is 0 Å². The lowest BCUT2D eigenvalue weighted by atomic mass is 9.97. The largest absolute Gasteiger partial charge is 0.342 e. The number of carbonyl (C=O) groups excluding carboxylic acids is 1. The SMILES string of the molecule is CNCC1CCCN(C(=O)CC2CC2)C1.Cl. The molecule has 0 spiro atoms. The molecule has 0 aromatic heterocycles. The van der Waals surface area contributed by atoms with Crippen molar-refractivity contribution in [3.8, 4) is 0 Å². The van der Waals surface area contributed by atoms with Gasteiger partial charge in [0.15, 0.2) is 0 Å². The Morgan fingerprint density at radius 3 is 2.69 bits per heavy atom. The summed E-state index contributed by atoms with van der Waals surface area (Å²) < 4.78 is 0. The van der Waals surface area contributed by atoms with Crippen LogP contribution in [0.25, 0.3) is 0 Å². The first-order valence-corrected chi connectivity index (χ1v) is 6.22. The Morgan fingerprint density at radius 2 is 2.06 bits per heavy atom. The third-order valence-corrected chi connectivity index (χ3v) is 3.52. The molecule has 1 aliphatic heterocycles. The smallest absolute Gasteiger partial charge is 0.222 e. The van der Waals surface area contributed by atoms with Crippen LogP contribution in [0.15, 0.2) is 0 Å². The first-order chi connectivity index (χ1) is 7.29. The maximum absolute atomic E-state index is 11.9. The molecular formula is C12H23ClN2O. The Balaban J connectivity index is 0.00000128. The summed E-state index contributed by atoms with van der Waals surface area (Å²) in [5.74, 6) is 1.80. The highest BCUT2D eigenvalue weighted by Gasteiger charge is 2.29. The molecule has 2 aliphatic rings. The van der Waals surface area contributed by atoms with E-state index in [2.05, 4.69) is 10.2 Å². The minimum atomic E-state index is 0. The maximum atomic E-state index is 11.9. The molecule has 1 amide bonds. The third kappa shape index (κ3) is 3.95. The number of nitrogens with zero attached hydrogens (tertiary/aromatic N) is 1. The molecule has 16 heavy (non-hydrogen) atoms. The molecule has 1 heterocycles. The highest BCUT2D eigenvalue weighted by Crippen LogP contribution is 2.33. The van der Waals surface area contributed by atoms with Gasteiger partial charge in [-0.05, 0) is 51.1 Å². The number of hydrogen-bond acceptors (Lipinski definition) is 2. The monoisotopic (exact) mass is 246 g/mol. The molecule has 2 rings (SSSR count). The van der Waals surface area contributed by atoms with E-state index in [9.17, 15) is 4.79 Å². The minimum Gasteiger partial charge on any atom is -0.342 e. The van der Waals surface area contributed by atoms with Crippen molar-refractivity contribution in [1.82, 2.24) is 10.2 Å². The molecule has 1 atom stereocenters. The Morgan fingerprint density at radius 1 is 1.31 bits per heavy atom. The van der Waals surface area contributed by atoms with Crippen molar-refractivity contribution in [3.63, 3.8) is 0 Å². The van der Waals surface area contributed by atoms with Gasteiger partial charge in [0.2, 0.25) is 5.91 Å². The maximum Gasteiger partial charge on any atom is 0.222 e. The lowest BCUT2D eigenvalue weighted by molar-refractivity contribution is -0.133. The first-order valence-electron chi connectivity index (χ1n) is 6.22. The fraction of sp³-hybridized carbons (Fsp3) is 0.917. The molecule has 1 unspecified atom stereocenters. The quantitative estimate of drug-likeness (QED) is 0.819. The molecule has 0 radical (unpaired) electrons. The molecule has 0 aromatic carbocycles. The number of piperidine rings is 1. The van der Waals surface area contributed by atoms with Crippen LogP contribution in [0.3, 0.4) is 0 Å². The van der Waals surface area contributed by atoms with Crippen molar-refractivity contribution in [1.29, 1.82) is 0 Å². The number of nitrogens with one attached hydrogen (secondary N) is 1. The van der Waals surface area contributed by atoms with Crippen LogP contribution >= 0.6 is 12.4 Å². The first kappa shape index (κ1) is 13.8. The average molecular weight is 247 g/mol. The van der Waals surface area contributed by atoms with Crippen LogP contribution in [0.1, 0.15) is 32.1 Å². The Labute approximate surface area is 104 Å². The van der Waals surface area contributed by atoms with E-state index >= 15 is 0 Å². The van der Waals surface area contributed by atoms with Crippen LogP contribution in [0.4, 0.5) is 0 Å². The van der Waals surface area contributed by atoms with Gasteiger partial charge in [-0.15, -0.1) is 12.4 Å². The van der Waals surface area contributed by atoms with E-state index in [1.165, 1.54) is 25.7 Å². The summed E-state index contributed by atoms with van der Waals surface area (Å²) in [6, 6.07) is 0. The van der Waals surface area contributed by atoms with Crippen LogP contribution in [-0.2, 0) is 4.79 Å². The molecule has 1 saturated carbocycles. The van der Waals surface area contributed by atoms with Crippen LogP contribution in [0.2, 0.25) is 0 Å².